The summed E-state index contributed by atoms with van der Waals surface area (Å²) in [6.45, 7) is 2.45. The lowest BCUT2D eigenvalue weighted by Crippen LogP contribution is -2.32. The van der Waals surface area contributed by atoms with Crippen molar-refractivity contribution in [3.8, 4) is 0 Å². The van der Waals surface area contributed by atoms with Gasteiger partial charge >= 0.3 is 0 Å². The summed E-state index contributed by atoms with van der Waals surface area (Å²) >= 11 is 0. The van der Waals surface area contributed by atoms with Gasteiger partial charge in [-0.2, -0.15) is 0 Å². The molecule has 0 aromatic heterocycles. The van der Waals surface area contributed by atoms with E-state index < -0.39 is 17.5 Å². The quantitative estimate of drug-likeness (QED) is 0.807. The molecule has 92 valence electrons. The number of nitrogens with two attached hydrogens (primary N) is 1. The zero-order valence-electron chi connectivity index (χ0n) is 9.54. The van der Waals surface area contributed by atoms with Crippen LogP contribution in [0.3, 0.4) is 0 Å². The zero-order chi connectivity index (χ0) is 12.6. The lowest BCUT2D eigenvalue weighted by molar-refractivity contribution is 0.0786. The van der Waals surface area contributed by atoms with Crippen LogP contribution in [0.25, 0.3) is 0 Å². The molecule has 2 rings (SSSR count). The first-order valence-corrected chi connectivity index (χ1v) is 5.49. The van der Waals surface area contributed by atoms with E-state index in [1.165, 1.54) is 17.9 Å². The first-order chi connectivity index (χ1) is 7.99. The second-order valence-electron chi connectivity index (χ2n) is 4.38. The first kappa shape index (κ1) is 12.0. The number of hydrogen-bond donors (Lipinski definition) is 1. The normalized spacial score (nSPS) is 19.8. The van der Waals surface area contributed by atoms with Gasteiger partial charge in [0.25, 0.3) is 5.91 Å². The SMILES string of the molecule is Cc1cc(C(=O)N2CC[C@@H](N)C2)c(F)cc1F. The van der Waals surface area contributed by atoms with Gasteiger partial charge in [0.2, 0.25) is 0 Å². The zero-order valence-corrected chi connectivity index (χ0v) is 9.54. The van der Waals surface area contributed by atoms with Crippen LogP contribution in [-0.2, 0) is 0 Å². The third-order valence-electron chi connectivity index (χ3n) is 2.99. The second kappa shape index (κ2) is 4.41. The second-order valence-corrected chi connectivity index (χ2v) is 4.38. The Morgan fingerprint density at radius 1 is 1.41 bits per heavy atom. The smallest absolute Gasteiger partial charge is 0.256 e. The van der Waals surface area contributed by atoms with Crippen LogP contribution in [0, 0.1) is 18.6 Å². The number of carbonyl (C=O) groups is 1. The molecule has 1 aromatic carbocycles. The summed E-state index contributed by atoms with van der Waals surface area (Å²) in [6, 6.07) is 1.94. The Balaban J connectivity index is 2.28. The topological polar surface area (TPSA) is 46.3 Å². The van der Waals surface area contributed by atoms with Gasteiger partial charge in [0.1, 0.15) is 11.6 Å². The van der Waals surface area contributed by atoms with E-state index in [0.717, 1.165) is 6.07 Å². The summed E-state index contributed by atoms with van der Waals surface area (Å²) in [5, 5.41) is 0. The number of hydrogen-bond acceptors (Lipinski definition) is 2. The third kappa shape index (κ3) is 2.29. The van der Waals surface area contributed by atoms with Crippen LogP contribution in [0.4, 0.5) is 8.78 Å². The fourth-order valence-corrected chi connectivity index (χ4v) is 1.96. The minimum Gasteiger partial charge on any atom is -0.337 e. The molecule has 0 bridgehead atoms. The molecule has 0 saturated carbocycles. The van der Waals surface area contributed by atoms with Gasteiger partial charge < -0.3 is 10.6 Å². The van der Waals surface area contributed by atoms with Crippen molar-refractivity contribution in [3.05, 3.63) is 34.9 Å². The summed E-state index contributed by atoms with van der Waals surface area (Å²) in [5.74, 6) is -1.88. The summed E-state index contributed by atoms with van der Waals surface area (Å²) in [7, 11) is 0. The number of aryl methyl sites for hydroxylation is 1. The standard InChI is InChI=1S/C12H14F2N2O/c1-7-4-9(11(14)5-10(7)13)12(17)16-3-2-8(15)6-16/h4-5,8H,2-3,6,15H2,1H3/t8-/m1/s1. The molecule has 1 fully saturated rings. The number of amides is 1. The number of rotatable bonds is 1. The highest BCUT2D eigenvalue weighted by atomic mass is 19.1. The fourth-order valence-electron chi connectivity index (χ4n) is 1.96. The molecule has 0 aliphatic carbocycles. The van der Waals surface area contributed by atoms with Crippen LogP contribution in [0.2, 0.25) is 0 Å². The van der Waals surface area contributed by atoms with Crippen molar-refractivity contribution in [3.63, 3.8) is 0 Å². The number of nitrogens with zero attached hydrogens (tertiary/aromatic N) is 1. The lowest BCUT2D eigenvalue weighted by atomic mass is 10.1. The molecule has 1 heterocycles. The van der Waals surface area contributed by atoms with Crippen molar-refractivity contribution in [2.75, 3.05) is 13.1 Å². The van der Waals surface area contributed by atoms with Crippen LogP contribution in [0.1, 0.15) is 22.3 Å². The molecule has 0 spiro atoms. The summed E-state index contributed by atoms with van der Waals surface area (Å²) in [4.78, 5) is 13.5. The van der Waals surface area contributed by atoms with Gasteiger partial charge in [-0.15, -0.1) is 0 Å². The Morgan fingerprint density at radius 2 is 2.12 bits per heavy atom. The highest BCUT2D eigenvalue weighted by Gasteiger charge is 2.26. The molecule has 1 atom stereocenters. The Kier molecular flexibility index (Phi) is 3.11. The molecule has 1 aliphatic heterocycles. The predicted molar refractivity (Wildman–Crippen MR) is 59.6 cm³/mol. The van der Waals surface area contributed by atoms with E-state index >= 15 is 0 Å². The number of carbonyl (C=O) groups excluding carboxylic acids is 1. The maximum Gasteiger partial charge on any atom is 0.256 e. The van der Waals surface area contributed by atoms with E-state index in [-0.39, 0.29) is 17.2 Å². The predicted octanol–water partition coefficient (Wildman–Crippen LogP) is 1.45. The van der Waals surface area contributed by atoms with Crippen LogP contribution in [-0.4, -0.2) is 29.9 Å². The van der Waals surface area contributed by atoms with Crippen LogP contribution < -0.4 is 5.73 Å². The lowest BCUT2D eigenvalue weighted by Gasteiger charge is -2.16. The molecule has 0 unspecified atom stereocenters. The molecule has 17 heavy (non-hydrogen) atoms. The molecule has 1 aliphatic rings. The summed E-state index contributed by atoms with van der Waals surface area (Å²) < 4.78 is 26.6. The molecule has 2 N–H and O–H groups in total. The van der Waals surface area contributed by atoms with E-state index in [1.54, 1.807) is 0 Å². The van der Waals surface area contributed by atoms with Gasteiger partial charge in [0, 0.05) is 25.2 Å². The number of likely N-dealkylation sites (tertiary alicyclic amines) is 1. The van der Waals surface area contributed by atoms with Gasteiger partial charge in [-0.3, -0.25) is 4.79 Å². The average Bonchev–Trinajstić information content (AvgIpc) is 2.69. The van der Waals surface area contributed by atoms with Gasteiger partial charge in [0.05, 0.1) is 5.56 Å². The Labute approximate surface area is 98.2 Å². The van der Waals surface area contributed by atoms with Crippen molar-refractivity contribution in [1.82, 2.24) is 4.90 Å². The number of benzene rings is 1. The van der Waals surface area contributed by atoms with Crippen LogP contribution >= 0.6 is 0 Å². The monoisotopic (exact) mass is 240 g/mol. The van der Waals surface area contributed by atoms with Gasteiger partial charge in [-0.05, 0) is 25.0 Å². The maximum atomic E-state index is 13.5. The molecule has 0 radical (unpaired) electrons. The molecule has 5 heteroatoms. The van der Waals surface area contributed by atoms with Gasteiger partial charge in [0.15, 0.2) is 0 Å². The van der Waals surface area contributed by atoms with E-state index in [0.29, 0.717) is 19.5 Å². The van der Waals surface area contributed by atoms with Crippen molar-refractivity contribution >= 4 is 5.91 Å². The minimum absolute atomic E-state index is 0.0523. The Hall–Kier alpha value is -1.49. The summed E-state index contributed by atoms with van der Waals surface area (Å²) in [5.41, 5.74) is 5.86. The third-order valence-corrected chi connectivity index (χ3v) is 2.99. The van der Waals surface area contributed by atoms with Gasteiger partial charge in [-0.1, -0.05) is 0 Å². The Bertz CT molecular complexity index is 462. The summed E-state index contributed by atoms with van der Waals surface area (Å²) in [6.07, 6.45) is 0.716. The van der Waals surface area contributed by atoms with E-state index in [1.807, 2.05) is 0 Å². The molecule has 1 saturated heterocycles. The Morgan fingerprint density at radius 3 is 2.71 bits per heavy atom. The molecular weight excluding hydrogens is 226 g/mol. The first-order valence-electron chi connectivity index (χ1n) is 5.49. The maximum absolute atomic E-state index is 13.5. The van der Waals surface area contributed by atoms with E-state index in [4.69, 9.17) is 5.73 Å². The number of halogens is 2. The highest BCUT2D eigenvalue weighted by Crippen LogP contribution is 2.18. The van der Waals surface area contributed by atoms with Gasteiger partial charge in [-0.25, -0.2) is 8.78 Å². The average molecular weight is 240 g/mol. The minimum atomic E-state index is -0.821. The van der Waals surface area contributed by atoms with E-state index in [2.05, 4.69) is 0 Å². The molecule has 1 amide bonds. The largest absolute Gasteiger partial charge is 0.337 e. The van der Waals surface area contributed by atoms with Crippen LogP contribution in [0.5, 0.6) is 0 Å². The molecule has 1 aromatic rings. The fraction of sp³-hybridized carbons (Fsp3) is 0.417. The van der Waals surface area contributed by atoms with Crippen molar-refractivity contribution in [1.29, 1.82) is 0 Å². The molecular formula is C12H14F2N2O. The molecule has 3 nitrogen and oxygen atoms in total. The highest BCUT2D eigenvalue weighted by molar-refractivity contribution is 5.94. The van der Waals surface area contributed by atoms with Crippen molar-refractivity contribution < 1.29 is 13.6 Å². The van der Waals surface area contributed by atoms with Crippen LogP contribution in [0.15, 0.2) is 12.1 Å². The van der Waals surface area contributed by atoms with E-state index in [9.17, 15) is 13.6 Å². The van der Waals surface area contributed by atoms with Crippen molar-refractivity contribution in [2.24, 2.45) is 5.73 Å². The van der Waals surface area contributed by atoms with Crippen molar-refractivity contribution in [2.45, 2.75) is 19.4 Å².